The van der Waals surface area contributed by atoms with Crippen LogP contribution in [0.3, 0.4) is 0 Å². The number of carboxylic acid groups (broad SMARTS) is 1. The number of halogens is 1. The molecule has 1 atom stereocenters. The van der Waals surface area contributed by atoms with Gasteiger partial charge in [-0.3, -0.25) is 9.69 Å². The number of nitrogens with zero attached hydrogens (tertiary/aromatic N) is 1. The van der Waals surface area contributed by atoms with Gasteiger partial charge in [-0.15, -0.1) is 0 Å². The molecule has 5 heteroatoms. The number of aliphatic carboxylic acids is 1. The lowest BCUT2D eigenvalue weighted by Crippen LogP contribution is -2.28. The molecule has 0 aliphatic heterocycles. The van der Waals surface area contributed by atoms with Crippen molar-refractivity contribution in [3.05, 3.63) is 28.8 Å². The highest BCUT2D eigenvalue weighted by atomic mass is 35.5. The summed E-state index contributed by atoms with van der Waals surface area (Å²) in [5.74, 6) is -0.234. The number of hydrogen-bond acceptors (Lipinski definition) is 3. The highest BCUT2D eigenvalue weighted by molar-refractivity contribution is 6.32. The Bertz CT molecular complexity index is 409. The third-order valence-corrected chi connectivity index (χ3v) is 3.00. The standard InChI is InChI=1S/C12H16ClNO3/c1-8(14(2)7-12(15)16)9-4-5-11(17-3)10(13)6-9/h4-6,8H,7H2,1-3H3,(H,15,16). The lowest BCUT2D eigenvalue weighted by atomic mass is 10.1. The molecular weight excluding hydrogens is 242 g/mol. The van der Waals surface area contributed by atoms with Crippen molar-refractivity contribution in [3.63, 3.8) is 0 Å². The van der Waals surface area contributed by atoms with Crippen LogP contribution in [0.4, 0.5) is 0 Å². The monoisotopic (exact) mass is 257 g/mol. The van der Waals surface area contributed by atoms with Crippen LogP contribution < -0.4 is 4.74 Å². The van der Waals surface area contributed by atoms with E-state index in [2.05, 4.69) is 0 Å². The van der Waals surface area contributed by atoms with Gasteiger partial charge in [-0.25, -0.2) is 0 Å². The van der Waals surface area contributed by atoms with Crippen LogP contribution in [-0.4, -0.2) is 36.7 Å². The van der Waals surface area contributed by atoms with Crippen molar-refractivity contribution in [2.75, 3.05) is 20.7 Å². The van der Waals surface area contributed by atoms with E-state index in [0.29, 0.717) is 10.8 Å². The molecule has 1 aromatic carbocycles. The normalized spacial score (nSPS) is 12.5. The van der Waals surface area contributed by atoms with Crippen LogP contribution >= 0.6 is 11.6 Å². The SMILES string of the molecule is COc1ccc(C(C)N(C)CC(=O)O)cc1Cl. The summed E-state index contributed by atoms with van der Waals surface area (Å²) in [5, 5.41) is 9.26. The van der Waals surface area contributed by atoms with Gasteiger partial charge in [0.1, 0.15) is 5.75 Å². The molecule has 0 spiro atoms. The summed E-state index contributed by atoms with van der Waals surface area (Å²) in [7, 11) is 3.32. The fourth-order valence-corrected chi connectivity index (χ4v) is 1.81. The van der Waals surface area contributed by atoms with E-state index in [-0.39, 0.29) is 12.6 Å². The van der Waals surface area contributed by atoms with Crippen molar-refractivity contribution in [2.24, 2.45) is 0 Å². The molecule has 0 amide bonds. The Morgan fingerprint density at radius 1 is 1.59 bits per heavy atom. The minimum atomic E-state index is -0.848. The van der Waals surface area contributed by atoms with Crippen molar-refractivity contribution in [1.82, 2.24) is 4.90 Å². The van der Waals surface area contributed by atoms with Crippen molar-refractivity contribution in [1.29, 1.82) is 0 Å². The minimum absolute atomic E-state index is 0.00911. The van der Waals surface area contributed by atoms with Gasteiger partial charge < -0.3 is 9.84 Å². The van der Waals surface area contributed by atoms with E-state index >= 15 is 0 Å². The van der Waals surface area contributed by atoms with E-state index in [4.69, 9.17) is 21.4 Å². The first-order chi connectivity index (χ1) is 7.95. The first kappa shape index (κ1) is 13.8. The minimum Gasteiger partial charge on any atom is -0.495 e. The first-order valence-corrected chi connectivity index (χ1v) is 5.59. The van der Waals surface area contributed by atoms with Gasteiger partial charge in [-0.05, 0) is 31.7 Å². The number of likely N-dealkylation sites (N-methyl/N-ethyl adjacent to an activating group) is 1. The third-order valence-electron chi connectivity index (χ3n) is 2.70. The molecule has 0 fully saturated rings. The summed E-state index contributed by atoms with van der Waals surface area (Å²) in [4.78, 5) is 12.4. The second-order valence-electron chi connectivity index (χ2n) is 3.88. The zero-order valence-corrected chi connectivity index (χ0v) is 10.9. The Balaban J connectivity index is 2.85. The van der Waals surface area contributed by atoms with E-state index < -0.39 is 5.97 Å². The summed E-state index contributed by atoms with van der Waals surface area (Å²) in [5.41, 5.74) is 0.958. The topological polar surface area (TPSA) is 49.8 Å². The zero-order valence-electron chi connectivity index (χ0n) is 10.1. The van der Waals surface area contributed by atoms with Gasteiger partial charge >= 0.3 is 5.97 Å². The highest BCUT2D eigenvalue weighted by Gasteiger charge is 2.15. The largest absolute Gasteiger partial charge is 0.495 e. The maximum atomic E-state index is 10.6. The van der Waals surface area contributed by atoms with Gasteiger partial charge in [0.15, 0.2) is 0 Å². The molecule has 0 aromatic heterocycles. The molecule has 1 unspecified atom stereocenters. The van der Waals surface area contributed by atoms with Crippen LogP contribution in [0.25, 0.3) is 0 Å². The molecule has 0 bridgehead atoms. The van der Waals surface area contributed by atoms with Crippen LogP contribution in [0.1, 0.15) is 18.5 Å². The molecule has 0 heterocycles. The van der Waals surface area contributed by atoms with E-state index in [1.54, 1.807) is 31.2 Å². The summed E-state index contributed by atoms with van der Waals surface area (Å²) < 4.78 is 5.07. The number of hydrogen-bond donors (Lipinski definition) is 1. The Kier molecular flexibility index (Phi) is 4.78. The first-order valence-electron chi connectivity index (χ1n) is 5.21. The molecule has 94 valence electrons. The second kappa shape index (κ2) is 5.89. The van der Waals surface area contributed by atoms with E-state index in [1.807, 2.05) is 13.0 Å². The second-order valence-corrected chi connectivity index (χ2v) is 4.29. The predicted octanol–water partition coefficient (Wildman–Crippen LogP) is 2.43. The molecule has 4 nitrogen and oxygen atoms in total. The average molecular weight is 258 g/mol. The predicted molar refractivity (Wildman–Crippen MR) is 66.7 cm³/mol. The Hall–Kier alpha value is -1.26. The van der Waals surface area contributed by atoms with Gasteiger partial charge in [-0.1, -0.05) is 17.7 Å². The van der Waals surface area contributed by atoms with Crippen LogP contribution in [-0.2, 0) is 4.79 Å². The molecule has 0 aliphatic carbocycles. The van der Waals surface area contributed by atoms with E-state index in [1.165, 1.54) is 0 Å². The highest BCUT2D eigenvalue weighted by Crippen LogP contribution is 2.29. The van der Waals surface area contributed by atoms with Crippen LogP contribution in [0, 0.1) is 0 Å². The summed E-state index contributed by atoms with van der Waals surface area (Å²) in [6.45, 7) is 1.92. The summed E-state index contributed by atoms with van der Waals surface area (Å²) in [6, 6.07) is 5.44. The fourth-order valence-electron chi connectivity index (χ4n) is 1.55. The van der Waals surface area contributed by atoms with Gasteiger partial charge in [0, 0.05) is 6.04 Å². The fraction of sp³-hybridized carbons (Fsp3) is 0.417. The zero-order chi connectivity index (χ0) is 13.0. The number of methoxy groups -OCH3 is 1. The maximum absolute atomic E-state index is 10.6. The summed E-state index contributed by atoms with van der Waals surface area (Å²) in [6.07, 6.45) is 0. The average Bonchev–Trinajstić information content (AvgIpc) is 2.27. The summed E-state index contributed by atoms with van der Waals surface area (Å²) >= 11 is 6.02. The molecule has 0 radical (unpaired) electrons. The van der Waals surface area contributed by atoms with Gasteiger partial charge in [0.05, 0.1) is 18.7 Å². The van der Waals surface area contributed by atoms with Gasteiger partial charge in [0.2, 0.25) is 0 Å². The van der Waals surface area contributed by atoms with Crippen LogP contribution in [0.2, 0.25) is 5.02 Å². The molecule has 17 heavy (non-hydrogen) atoms. The number of ether oxygens (including phenoxy) is 1. The maximum Gasteiger partial charge on any atom is 0.317 e. The Morgan fingerprint density at radius 3 is 2.71 bits per heavy atom. The van der Waals surface area contributed by atoms with Crippen LogP contribution in [0.15, 0.2) is 18.2 Å². The number of rotatable bonds is 5. The van der Waals surface area contributed by atoms with Gasteiger partial charge in [0.25, 0.3) is 0 Å². The number of benzene rings is 1. The smallest absolute Gasteiger partial charge is 0.317 e. The molecule has 0 saturated carbocycles. The van der Waals surface area contributed by atoms with Crippen molar-refractivity contribution in [2.45, 2.75) is 13.0 Å². The molecule has 0 aliphatic rings. The third kappa shape index (κ3) is 3.61. The number of carboxylic acids is 1. The van der Waals surface area contributed by atoms with Crippen LogP contribution in [0.5, 0.6) is 5.75 Å². The molecule has 1 rings (SSSR count). The lowest BCUT2D eigenvalue weighted by Gasteiger charge is -2.23. The quantitative estimate of drug-likeness (QED) is 0.880. The molecule has 0 saturated heterocycles. The Morgan fingerprint density at radius 2 is 2.24 bits per heavy atom. The van der Waals surface area contributed by atoms with Crippen molar-refractivity contribution >= 4 is 17.6 Å². The van der Waals surface area contributed by atoms with Gasteiger partial charge in [-0.2, -0.15) is 0 Å². The molecule has 1 aromatic rings. The number of carbonyl (C=O) groups is 1. The van der Waals surface area contributed by atoms with Crippen molar-refractivity contribution in [3.8, 4) is 5.75 Å². The van der Waals surface area contributed by atoms with E-state index in [0.717, 1.165) is 5.56 Å². The molecular formula is C12H16ClNO3. The molecule has 1 N–H and O–H groups in total. The Labute approximate surface area is 106 Å². The van der Waals surface area contributed by atoms with E-state index in [9.17, 15) is 4.79 Å². The lowest BCUT2D eigenvalue weighted by molar-refractivity contribution is -0.138. The van der Waals surface area contributed by atoms with Crippen molar-refractivity contribution < 1.29 is 14.6 Å².